The molecule has 1 aromatic heterocycles. The summed E-state index contributed by atoms with van der Waals surface area (Å²) in [4.78, 5) is 26.7. The summed E-state index contributed by atoms with van der Waals surface area (Å²) in [6, 6.07) is 4.17. The van der Waals surface area contributed by atoms with Gasteiger partial charge >= 0.3 is 5.97 Å². The number of carboxylic acids is 1. The number of hydrogen-bond acceptors (Lipinski definition) is 4. The fraction of sp³-hybridized carbons (Fsp3) is 0.767. The number of carbonyl (C=O) groups excluding carboxylic acids is 1. The molecule has 2 N–H and O–H groups in total. The zero-order valence-corrected chi connectivity index (χ0v) is 32.7. The highest BCUT2D eigenvalue weighted by Crippen LogP contribution is 2.78. The summed E-state index contributed by atoms with van der Waals surface area (Å²) >= 11 is 1.71. The molecule has 5 aliphatic carbocycles. The highest BCUT2D eigenvalue weighted by atomic mass is 32.1. The van der Waals surface area contributed by atoms with Crippen LogP contribution in [0.15, 0.2) is 42.0 Å². The average Bonchev–Trinajstić information content (AvgIpc) is 3.66. The van der Waals surface area contributed by atoms with Crippen LogP contribution in [-0.4, -0.2) is 23.1 Å². The van der Waals surface area contributed by atoms with Gasteiger partial charge in [0.25, 0.3) is 0 Å². The van der Waals surface area contributed by atoms with Crippen molar-refractivity contribution in [1.82, 2.24) is 5.32 Å². The van der Waals surface area contributed by atoms with E-state index in [4.69, 9.17) is 4.74 Å². The van der Waals surface area contributed by atoms with Crippen LogP contribution in [0.1, 0.15) is 137 Å². The van der Waals surface area contributed by atoms with Crippen molar-refractivity contribution in [3.05, 3.63) is 46.9 Å². The number of fused-ring (bicyclic) bond motifs is 7. The fourth-order valence-electron chi connectivity index (χ4n) is 13.6. The molecule has 1 amide bonds. The van der Waals surface area contributed by atoms with E-state index < -0.39 is 11.4 Å². The number of nitrogens with one attached hydrogen (secondary N) is 1. The van der Waals surface area contributed by atoms with Gasteiger partial charge in [-0.3, -0.25) is 9.59 Å². The van der Waals surface area contributed by atoms with Crippen LogP contribution in [0, 0.1) is 62.1 Å². The third kappa shape index (κ3) is 5.86. The van der Waals surface area contributed by atoms with Crippen molar-refractivity contribution < 1.29 is 19.4 Å². The lowest BCUT2D eigenvalue weighted by molar-refractivity contribution is -0.249. The normalized spacial score (nSPS) is 41.0. The molecule has 0 radical (unpaired) electrons. The SMILES string of the molecule is C=C(CC(C)(C)C(=O)O)O[C@H]1CC[C@]2(C)[C@H]3CC[C@@H]4[C@H]5[C@H](C(=C)C)CC[C@]5(CC(=O)NCc5cccs5)CC[C@@]4(C)[C@]3(C)CC[C@H]2C1(C)C. The number of ether oxygens (including phenoxy) is 1. The van der Waals surface area contributed by atoms with E-state index in [0.717, 1.165) is 25.7 Å². The maximum Gasteiger partial charge on any atom is 0.309 e. The lowest BCUT2D eigenvalue weighted by atomic mass is 9.32. The summed E-state index contributed by atoms with van der Waals surface area (Å²) in [5.41, 5.74) is 1.19. The molecule has 0 bridgehead atoms. The molecule has 0 saturated heterocycles. The molecule has 6 heteroatoms. The van der Waals surface area contributed by atoms with Gasteiger partial charge in [-0.1, -0.05) is 59.4 Å². The standard InChI is InChI=1S/C43H65NO4S/c1-27(2)30-15-20-43(25-35(45)44-26-29-12-11-23-49-29)22-21-41(9)31(36(30)43)13-14-33-40(8)18-17-34(48-28(3)24-38(4,5)37(46)47)39(6,7)32(40)16-19-42(33,41)10/h11-12,23,30-34,36H,1,3,13-22,24-26H2,2,4-10H3,(H,44,45)(H,46,47)/t30-,31+,32-,33+,34-,36+,40-,41+,42+,43+/m0/s1. The molecular formula is C43H65NO4S. The monoisotopic (exact) mass is 691 g/mol. The molecule has 5 nitrogen and oxygen atoms in total. The summed E-state index contributed by atoms with van der Waals surface area (Å²) in [5, 5.41) is 15.1. The van der Waals surface area contributed by atoms with Crippen molar-refractivity contribution in [1.29, 1.82) is 0 Å². The van der Waals surface area contributed by atoms with Crippen LogP contribution in [0.3, 0.4) is 0 Å². The van der Waals surface area contributed by atoms with E-state index in [-0.39, 0.29) is 39.1 Å². The van der Waals surface area contributed by atoms with Gasteiger partial charge in [0, 0.05) is 23.1 Å². The number of allylic oxidation sites excluding steroid dienone is 2. The first-order chi connectivity index (χ1) is 22.8. The van der Waals surface area contributed by atoms with E-state index in [1.165, 1.54) is 49.0 Å². The summed E-state index contributed by atoms with van der Waals surface area (Å²) in [6.45, 7) is 28.0. The van der Waals surface area contributed by atoms with Crippen molar-refractivity contribution in [2.45, 2.75) is 145 Å². The summed E-state index contributed by atoms with van der Waals surface area (Å²) < 4.78 is 6.62. The minimum Gasteiger partial charge on any atom is -0.495 e. The van der Waals surface area contributed by atoms with E-state index in [0.29, 0.717) is 54.7 Å². The van der Waals surface area contributed by atoms with Crippen molar-refractivity contribution in [2.75, 3.05) is 0 Å². The fourth-order valence-corrected chi connectivity index (χ4v) is 14.2. The molecule has 1 heterocycles. The van der Waals surface area contributed by atoms with Gasteiger partial charge in [-0.25, -0.2) is 0 Å². The first-order valence-corrected chi connectivity index (χ1v) is 20.2. The Balaban J connectivity index is 1.23. The van der Waals surface area contributed by atoms with Gasteiger partial charge in [-0.05, 0) is 148 Å². The molecule has 0 aliphatic heterocycles. The van der Waals surface area contributed by atoms with E-state index in [1.54, 1.807) is 25.2 Å². The molecule has 1 aromatic rings. The maximum absolute atomic E-state index is 13.6. The number of thiophene rings is 1. The lowest BCUT2D eigenvalue weighted by Gasteiger charge is -2.73. The predicted molar refractivity (Wildman–Crippen MR) is 200 cm³/mol. The Morgan fingerprint density at radius 1 is 0.959 bits per heavy atom. The van der Waals surface area contributed by atoms with Crippen LogP contribution < -0.4 is 5.32 Å². The van der Waals surface area contributed by atoms with Gasteiger partial charge in [0.05, 0.1) is 17.7 Å². The van der Waals surface area contributed by atoms with Crippen molar-refractivity contribution in [2.24, 2.45) is 62.1 Å². The summed E-state index contributed by atoms with van der Waals surface area (Å²) in [6.07, 6.45) is 12.9. The molecule has 49 heavy (non-hydrogen) atoms. The van der Waals surface area contributed by atoms with Crippen LogP contribution in [0.2, 0.25) is 0 Å². The Hall–Kier alpha value is -2.08. The molecule has 0 unspecified atom stereocenters. The number of rotatable bonds is 10. The Bertz CT molecular complexity index is 1460. The van der Waals surface area contributed by atoms with Crippen LogP contribution >= 0.6 is 11.3 Å². The Morgan fingerprint density at radius 3 is 2.35 bits per heavy atom. The van der Waals surface area contributed by atoms with Crippen molar-refractivity contribution >= 4 is 23.2 Å². The quantitative estimate of drug-likeness (QED) is 0.189. The van der Waals surface area contributed by atoms with Crippen LogP contribution in [0.25, 0.3) is 0 Å². The Labute approximate surface area is 301 Å². The van der Waals surface area contributed by atoms with Gasteiger partial charge in [-0.2, -0.15) is 0 Å². The first kappa shape index (κ1) is 36.7. The largest absolute Gasteiger partial charge is 0.495 e. The molecule has 0 spiro atoms. The second kappa shape index (κ2) is 12.6. The van der Waals surface area contributed by atoms with Crippen LogP contribution in [0.4, 0.5) is 0 Å². The summed E-state index contributed by atoms with van der Waals surface area (Å²) in [5.74, 6) is 2.87. The highest BCUT2D eigenvalue weighted by Gasteiger charge is 2.71. The topological polar surface area (TPSA) is 75.6 Å². The molecular weight excluding hydrogens is 627 g/mol. The molecule has 5 saturated carbocycles. The average molecular weight is 692 g/mol. The number of aliphatic carboxylic acids is 1. The zero-order valence-electron chi connectivity index (χ0n) is 31.9. The van der Waals surface area contributed by atoms with Crippen molar-refractivity contribution in [3.63, 3.8) is 0 Å². The summed E-state index contributed by atoms with van der Waals surface area (Å²) in [7, 11) is 0. The Kier molecular flexibility index (Phi) is 9.40. The smallest absolute Gasteiger partial charge is 0.309 e. The number of hydrogen-bond donors (Lipinski definition) is 2. The van der Waals surface area contributed by atoms with E-state index in [9.17, 15) is 14.7 Å². The highest BCUT2D eigenvalue weighted by molar-refractivity contribution is 7.09. The molecule has 5 aliphatic rings. The van der Waals surface area contributed by atoms with Gasteiger partial charge in [0.1, 0.15) is 6.10 Å². The predicted octanol–water partition coefficient (Wildman–Crippen LogP) is 10.8. The molecule has 10 atom stereocenters. The first-order valence-electron chi connectivity index (χ1n) is 19.3. The van der Waals surface area contributed by atoms with Gasteiger partial charge in [0.2, 0.25) is 5.91 Å². The maximum atomic E-state index is 13.6. The second-order valence-electron chi connectivity index (χ2n) is 19.5. The Morgan fingerprint density at radius 2 is 1.69 bits per heavy atom. The molecule has 272 valence electrons. The molecule has 0 aromatic carbocycles. The van der Waals surface area contributed by atoms with E-state index >= 15 is 0 Å². The minimum atomic E-state index is -0.890. The van der Waals surface area contributed by atoms with Crippen LogP contribution in [0.5, 0.6) is 0 Å². The molecule has 5 fully saturated rings. The molecule has 6 rings (SSSR count). The van der Waals surface area contributed by atoms with Gasteiger partial charge < -0.3 is 15.2 Å². The third-order valence-electron chi connectivity index (χ3n) is 16.3. The lowest BCUT2D eigenvalue weighted by Crippen LogP contribution is -2.66. The van der Waals surface area contributed by atoms with Gasteiger partial charge in [-0.15, -0.1) is 11.3 Å². The van der Waals surface area contributed by atoms with E-state index in [2.05, 4.69) is 77.5 Å². The van der Waals surface area contributed by atoms with Crippen molar-refractivity contribution in [3.8, 4) is 0 Å². The minimum absolute atomic E-state index is 0.0307. The van der Waals surface area contributed by atoms with E-state index in [1.807, 2.05) is 0 Å². The second-order valence-corrected chi connectivity index (χ2v) is 20.5. The number of carboxylic acid groups (broad SMARTS) is 1. The zero-order chi connectivity index (χ0) is 35.8. The number of carbonyl (C=O) groups is 2. The van der Waals surface area contributed by atoms with Gasteiger partial charge in [0.15, 0.2) is 0 Å². The number of amides is 1. The van der Waals surface area contributed by atoms with Crippen LogP contribution in [-0.2, 0) is 20.9 Å². The third-order valence-corrected chi connectivity index (χ3v) is 17.1.